The van der Waals surface area contributed by atoms with Gasteiger partial charge in [-0.3, -0.25) is 4.99 Å². The van der Waals surface area contributed by atoms with Gasteiger partial charge < -0.3 is 10.1 Å². The van der Waals surface area contributed by atoms with Gasteiger partial charge in [-0.2, -0.15) is 0 Å². The van der Waals surface area contributed by atoms with Crippen LogP contribution in [0.1, 0.15) is 40.2 Å². The number of hydrogen-bond donors (Lipinski definition) is 1. The van der Waals surface area contributed by atoms with Crippen molar-refractivity contribution in [1.82, 2.24) is 5.32 Å². The first-order valence-electron chi connectivity index (χ1n) is 6.89. The van der Waals surface area contributed by atoms with E-state index >= 15 is 0 Å². The zero-order valence-corrected chi connectivity index (χ0v) is 13.0. The highest BCUT2D eigenvalue weighted by molar-refractivity contribution is 5.88. The van der Waals surface area contributed by atoms with E-state index in [1.165, 1.54) is 18.5 Å². The molecule has 0 amide bonds. The van der Waals surface area contributed by atoms with Crippen LogP contribution in [-0.4, -0.2) is 23.4 Å². The summed E-state index contributed by atoms with van der Waals surface area (Å²) in [4.78, 5) is 17.0. The summed E-state index contributed by atoms with van der Waals surface area (Å²) >= 11 is 0. The molecule has 0 unspecified atom stereocenters. The first-order valence-corrected chi connectivity index (χ1v) is 6.89. The number of carbonyl (C=O) groups excluding carboxylic acids is 1. The molecule has 5 heteroatoms. The van der Waals surface area contributed by atoms with Crippen LogP contribution in [0.5, 0.6) is 0 Å². The number of esters is 1. The highest BCUT2D eigenvalue weighted by Crippen LogP contribution is 2.40. The summed E-state index contributed by atoms with van der Waals surface area (Å²) in [5, 5.41) is 3.00. The van der Waals surface area contributed by atoms with Crippen molar-refractivity contribution >= 4 is 12.3 Å². The summed E-state index contributed by atoms with van der Waals surface area (Å²) in [6.45, 7) is 9.04. The fourth-order valence-corrected chi connectivity index (χ4v) is 2.34. The molecule has 1 N–H and O–H groups in total. The molecule has 1 aliphatic heterocycles. The summed E-state index contributed by atoms with van der Waals surface area (Å²) < 4.78 is 18.6. The van der Waals surface area contributed by atoms with Crippen molar-refractivity contribution in [3.05, 3.63) is 35.6 Å². The Bertz CT molecular complexity index is 577. The number of nitrogens with one attached hydrogen (secondary N) is 1. The van der Waals surface area contributed by atoms with Crippen LogP contribution in [0, 0.1) is 5.82 Å². The Morgan fingerprint density at radius 2 is 1.81 bits per heavy atom. The van der Waals surface area contributed by atoms with Crippen molar-refractivity contribution in [3.63, 3.8) is 0 Å². The van der Waals surface area contributed by atoms with E-state index in [2.05, 4.69) is 10.3 Å². The molecule has 1 heterocycles. The summed E-state index contributed by atoms with van der Waals surface area (Å²) in [7, 11) is 0. The number of hydrogen-bond acceptors (Lipinski definition) is 4. The second-order valence-corrected chi connectivity index (χ2v) is 6.61. The second-order valence-electron chi connectivity index (χ2n) is 6.61. The van der Waals surface area contributed by atoms with Gasteiger partial charge in [-0.15, -0.1) is 0 Å². The Hall–Kier alpha value is -1.91. The number of halogens is 1. The second kappa shape index (κ2) is 4.83. The number of benzene rings is 1. The van der Waals surface area contributed by atoms with Crippen LogP contribution in [0.3, 0.4) is 0 Å². The van der Waals surface area contributed by atoms with Crippen LogP contribution >= 0.6 is 0 Å². The Labute approximate surface area is 124 Å². The molecule has 1 aromatic carbocycles. The topological polar surface area (TPSA) is 50.7 Å². The van der Waals surface area contributed by atoms with Gasteiger partial charge in [-0.25, -0.2) is 9.18 Å². The van der Waals surface area contributed by atoms with Crippen LogP contribution in [-0.2, 0) is 15.1 Å². The van der Waals surface area contributed by atoms with E-state index in [-0.39, 0.29) is 11.8 Å². The van der Waals surface area contributed by atoms with Crippen molar-refractivity contribution in [2.45, 2.75) is 51.3 Å². The third-order valence-corrected chi connectivity index (χ3v) is 3.86. The summed E-state index contributed by atoms with van der Waals surface area (Å²) in [6.07, 6.45) is 1.51. The molecule has 0 saturated heterocycles. The Kier molecular flexibility index (Phi) is 3.56. The molecule has 1 aromatic rings. The minimum Gasteiger partial charge on any atom is -0.458 e. The summed E-state index contributed by atoms with van der Waals surface area (Å²) in [6, 6.07) is 6.01. The van der Waals surface area contributed by atoms with Gasteiger partial charge in [0.15, 0.2) is 5.54 Å². The zero-order valence-electron chi connectivity index (χ0n) is 13.0. The van der Waals surface area contributed by atoms with Crippen molar-refractivity contribution in [3.8, 4) is 0 Å². The fourth-order valence-electron chi connectivity index (χ4n) is 2.34. The number of carbonyl (C=O) groups is 1. The number of rotatable bonds is 2. The number of ether oxygens (including phenoxy) is 1. The maximum Gasteiger partial charge on any atom is 0.334 e. The fraction of sp³-hybridized carbons (Fsp3) is 0.500. The van der Waals surface area contributed by atoms with E-state index in [9.17, 15) is 9.18 Å². The van der Waals surface area contributed by atoms with Gasteiger partial charge in [0.05, 0.1) is 6.34 Å². The van der Waals surface area contributed by atoms with Crippen molar-refractivity contribution in [2.75, 3.05) is 0 Å². The average Bonchev–Trinajstić information content (AvgIpc) is 2.67. The average molecular weight is 292 g/mol. The molecule has 0 radical (unpaired) electrons. The SMILES string of the molecule is CC(C)(C)OC(=O)[C@]1(C)NC=N[C@@]1(C)c1ccc(F)cc1. The lowest BCUT2D eigenvalue weighted by molar-refractivity contribution is -0.164. The third kappa shape index (κ3) is 2.64. The molecule has 114 valence electrons. The maximum atomic E-state index is 13.1. The van der Waals surface area contributed by atoms with Gasteiger partial charge in [0.2, 0.25) is 0 Å². The molecule has 0 aromatic heterocycles. The van der Waals surface area contributed by atoms with Gasteiger partial charge >= 0.3 is 5.97 Å². The molecule has 21 heavy (non-hydrogen) atoms. The molecule has 2 rings (SSSR count). The van der Waals surface area contributed by atoms with E-state index in [1.54, 1.807) is 19.1 Å². The molecule has 0 spiro atoms. The molecule has 1 aliphatic rings. The van der Waals surface area contributed by atoms with Gasteiger partial charge in [-0.1, -0.05) is 12.1 Å². The zero-order chi connectivity index (χ0) is 15.9. The lowest BCUT2D eigenvalue weighted by Crippen LogP contribution is -2.59. The first kappa shape index (κ1) is 15.5. The van der Waals surface area contributed by atoms with Crippen LogP contribution in [0.25, 0.3) is 0 Å². The van der Waals surface area contributed by atoms with Crippen LogP contribution < -0.4 is 5.32 Å². The highest BCUT2D eigenvalue weighted by atomic mass is 19.1. The molecular formula is C16H21FN2O2. The molecule has 0 bridgehead atoms. The number of aliphatic imine (C=N–C) groups is 1. The normalized spacial score (nSPS) is 28.3. The quantitative estimate of drug-likeness (QED) is 0.853. The smallest absolute Gasteiger partial charge is 0.334 e. The van der Waals surface area contributed by atoms with Crippen LogP contribution in [0.4, 0.5) is 4.39 Å². The Morgan fingerprint density at radius 3 is 2.33 bits per heavy atom. The van der Waals surface area contributed by atoms with Crippen LogP contribution in [0.2, 0.25) is 0 Å². The molecule has 0 saturated carbocycles. The van der Waals surface area contributed by atoms with E-state index in [4.69, 9.17) is 4.74 Å². The minimum absolute atomic E-state index is 0.323. The molecule has 2 atom stereocenters. The van der Waals surface area contributed by atoms with E-state index in [0.717, 1.165) is 5.56 Å². The van der Waals surface area contributed by atoms with E-state index in [1.807, 2.05) is 27.7 Å². The summed E-state index contributed by atoms with van der Waals surface area (Å²) in [5.74, 6) is -0.712. The van der Waals surface area contributed by atoms with Gasteiger partial charge in [-0.05, 0) is 52.3 Å². The van der Waals surface area contributed by atoms with E-state index < -0.39 is 16.7 Å². The van der Waals surface area contributed by atoms with Crippen molar-refractivity contribution in [2.24, 2.45) is 4.99 Å². The number of nitrogens with zero attached hydrogens (tertiary/aromatic N) is 1. The molecule has 0 fully saturated rings. The molecular weight excluding hydrogens is 271 g/mol. The first-order chi connectivity index (χ1) is 9.58. The van der Waals surface area contributed by atoms with Gasteiger partial charge in [0.1, 0.15) is 17.0 Å². The van der Waals surface area contributed by atoms with Crippen molar-refractivity contribution < 1.29 is 13.9 Å². The maximum absolute atomic E-state index is 13.1. The predicted molar refractivity (Wildman–Crippen MR) is 79.6 cm³/mol. The standard InChI is InChI=1S/C16H21FN2O2/c1-14(2,3)21-13(20)16(5)15(4,18-10-19-16)11-6-8-12(17)9-7-11/h6-10H,1-5H3,(H,18,19)/t15-,16-/m0/s1. The predicted octanol–water partition coefficient (Wildman–Crippen LogP) is 2.77. The lowest BCUT2D eigenvalue weighted by atomic mass is 9.75. The van der Waals surface area contributed by atoms with Gasteiger partial charge in [0, 0.05) is 0 Å². The molecule has 4 nitrogen and oxygen atoms in total. The van der Waals surface area contributed by atoms with E-state index in [0.29, 0.717) is 0 Å². The third-order valence-electron chi connectivity index (χ3n) is 3.86. The highest BCUT2D eigenvalue weighted by Gasteiger charge is 2.55. The largest absolute Gasteiger partial charge is 0.458 e. The Balaban J connectivity index is 2.40. The van der Waals surface area contributed by atoms with Gasteiger partial charge in [0.25, 0.3) is 0 Å². The molecule has 0 aliphatic carbocycles. The van der Waals surface area contributed by atoms with Crippen molar-refractivity contribution in [1.29, 1.82) is 0 Å². The Morgan fingerprint density at radius 1 is 1.24 bits per heavy atom. The lowest BCUT2D eigenvalue weighted by Gasteiger charge is -2.39. The summed E-state index contributed by atoms with van der Waals surface area (Å²) in [5.41, 5.74) is -1.74. The van der Waals surface area contributed by atoms with Crippen LogP contribution in [0.15, 0.2) is 29.3 Å². The monoisotopic (exact) mass is 292 g/mol. The minimum atomic E-state index is -1.04.